The van der Waals surface area contributed by atoms with Gasteiger partial charge in [0.1, 0.15) is 5.75 Å². The van der Waals surface area contributed by atoms with Crippen molar-refractivity contribution in [3.05, 3.63) is 38.7 Å². The topological polar surface area (TPSA) is 70.8 Å². The highest BCUT2D eigenvalue weighted by molar-refractivity contribution is 5.99. The number of nitrogens with zero attached hydrogens (tertiary/aromatic N) is 1. The van der Waals surface area contributed by atoms with Gasteiger partial charge in [-0.2, -0.15) is 0 Å². The summed E-state index contributed by atoms with van der Waals surface area (Å²) in [7, 11) is 3.79. The SMILES string of the molecule is Cc1cc2c(CN(C)C)c(C)c(=O)oc2c(C=O)c1O.Cl. The third-order valence-electron chi connectivity index (χ3n) is 3.35. The number of carbonyl (C=O) groups is 1. The Morgan fingerprint density at radius 3 is 2.48 bits per heavy atom. The summed E-state index contributed by atoms with van der Waals surface area (Å²) in [5.74, 6) is -0.143. The van der Waals surface area contributed by atoms with E-state index in [2.05, 4.69) is 0 Å². The zero-order chi connectivity index (χ0) is 15.0. The van der Waals surface area contributed by atoms with Crippen LogP contribution >= 0.6 is 12.4 Å². The molecule has 0 radical (unpaired) electrons. The maximum absolute atomic E-state index is 11.9. The quantitative estimate of drug-likeness (QED) is 0.696. The fraction of sp³-hybridized carbons (Fsp3) is 0.333. The van der Waals surface area contributed by atoms with Gasteiger partial charge in [0.15, 0.2) is 11.9 Å². The summed E-state index contributed by atoms with van der Waals surface area (Å²) < 4.78 is 5.21. The lowest BCUT2D eigenvalue weighted by Crippen LogP contribution is -2.16. The summed E-state index contributed by atoms with van der Waals surface area (Å²) >= 11 is 0. The van der Waals surface area contributed by atoms with Crippen LogP contribution < -0.4 is 5.63 Å². The summed E-state index contributed by atoms with van der Waals surface area (Å²) in [6, 6.07) is 1.74. The summed E-state index contributed by atoms with van der Waals surface area (Å²) in [5, 5.41) is 10.6. The van der Waals surface area contributed by atoms with E-state index in [0.29, 0.717) is 29.3 Å². The van der Waals surface area contributed by atoms with Gasteiger partial charge in [0.2, 0.25) is 0 Å². The average molecular weight is 312 g/mol. The number of phenolic OH excluding ortho intramolecular Hbond substituents is 1. The number of benzene rings is 1. The average Bonchev–Trinajstić information content (AvgIpc) is 2.38. The first-order chi connectivity index (χ1) is 9.36. The Bertz CT molecular complexity index is 750. The van der Waals surface area contributed by atoms with Gasteiger partial charge >= 0.3 is 5.63 Å². The first-order valence-corrected chi connectivity index (χ1v) is 6.25. The van der Waals surface area contributed by atoms with Crippen molar-refractivity contribution >= 4 is 29.7 Å². The van der Waals surface area contributed by atoms with Crippen LogP contribution in [0.4, 0.5) is 0 Å². The molecule has 1 aromatic heterocycles. The van der Waals surface area contributed by atoms with Crippen molar-refractivity contribution in [3.8, 4) is 5.75 Å². The number of rotatable bonds is 3. The van der Waals surface area contributed by atoms with Crippen molar-refractivity contribution in [1.29, 1.82) is 0 Å². The molecule has 1 aromatic carbocycles. The molecule has 21 heavy (non-hydrogen) atoms. The molecule has 114 valence electrons. The van der Waals surface area contributed by atoms with Crippen LogP contribution in [-0.2, 0) is 6.54 Å². The molecule has 0 saturated heterocycles. The number of aldehydes is 1. The van der Waals surface area contributed by atoms with Gasteiger partial charge < -0.3 is 14.4 Å². The van der Waals surface area contributed by atoms with Crippen LogP contribution in [0.3, 0.4) is 0 Å². The van der Waals surface area contributed by atoms with E-state index in [0.717, 1.165) is 5.56 Å². The van der Waals surface area contributed by atoms with Crippen LogP contribution in [0.25, 0.3) is 11.0 Å². The van der Waals surface area contributed by atoms with Crippen molar-refractivity contribution in [2.45, 2.75) is 20.4 Å². The number of carbonyl (C=O) groups excluding carboxylic acids is 1. The van der Waals surface area contributed by atoms with Crippen LogP contribution in [0.1, 0.15) is 27.0 Å². The van der Waals surface area contributed by atoms with Crippen molar-refractivity contribution in [1.82, 2.24) is 4.90 Å². The lowest BCUT2D eigenvalue weighted by Gasteiger charge is -2.15. The molecule has 1 heterocycles. The first kappa shape index (κ1) is 17.2. The number of hydrogen-bond acceptors (Lipinski definition) is 5. The van der Waals surface area contributed by atoms with Crippen molar-refractivity contribution in [2.24, 2.45) is 0 Å². The molecule has 0 amide bonds. The molecule has 0 fully saturated rings. The highest BCUT2D eigenvalue weighted by Gasteiger charge is 2.18. The summed E-state index contributed by atoms with van der Waals surface area (Å²) in [6.07, 6.45) is 0.516. The first-order valence-electron chi connectivity index (χ1n) is 6.25. The van der Waals surface area contributed by atoms with Crippen LogP contribution in [0.5, 0.6) is 5.75 Å². The lowest BCUT2D eigenvalue weighted by atomic mass is 9.99. The fourth-order valence-corrected chi connectivity index (χ4v) is 2.27. The predicted molar refractivity (Wildman–Crippen MR) is 83.6 cm³/mol. The highest BCUT2D eigenvalue weighted by atomic mass is 35.5. The summed E-state index contributed by atoms with van der Waals surface area (Å²) in [6.45, 7) is 3.96. The second-order valence-electron chi connectivity index (χ2n) is 5.18. The largest absolute Gasteiger partial charge is 0.507 e. The van der Waals surface area contributed by atoms with Crippen LogP contribution in [-0.4, -0.2) is 30.4 Å². The molecule has 0 spiro atoms. The molecule has 5 nitrogen and oxygen atoms in total. The number of hydrogen-bond donors (Lipinski definition) is 1. The van der Waals surface area contributed by atoms with Gasteiger partial charge in [-0.1, -0.05) is 0 Å². The minimum atomic E-state index is -0.485. The van der Waals surface area contributed by atoms with Crippen molar-refractivity contribution < 1.29 is 14.3 Å². The van der Waals surface area contributed by atoms with E-state index in [1.807, 2.05) is 19.0 Å². The van der Waals surface area contributed by atoms with Gasteiger partial charge in [0.05, 0.1) is 5.56 Å². The van der Waals surface area contributed by atoms with E-state index in [4.69, 9.17) is 4.42 Å². The lowest BCUT2D eigenvalue weighted by molar-refractivity contribution is 0.112. The van der Waals surface area contributed by atoms with Crippen molar-refractivity contribution in [2.75, 3.05) is 14.1 Å². The molecule has 0 unspecified atom stereocenters. The molecule has 2 rings (SSSR count). The second-order valence-corrected chi connectivity index (χ2v) is 5.18. The summed E-state index contributed by atoms with van der Waals surface area (Å²) in [4.78, 5) is 25.0. The van der Waals surface area contributed by atoms with Gasteiger partial charge in [-0.25, -0.2) is 4.79 Å². The molecule has 0 bridgehead atoms. The molecule has 0 aliphatic rings. The summed E-state index contributed by atoms with van der Waals surface area (Å²) in [5.41, 5.74) is 1.60. The standard InChI is InChI=1S/C15H17NO4.ClH/c1-8-5-10-11(6-16(3)4)9(2)15(19)20-14(10)12(7-17)13(8)18;/h5,7,18H,6H2,1-4H3;1H. The van der Waals surface area contributed by atoms with Crippen LogP contribution in [0, 0.1) is 13.8 Å². The van der Waals surface area contributed by atoms with E-state index in [-0.39, 0.29) is 29.3 Å². The van der Waals surface area contributed by atoms with E-state index >= 15 is 0 Å². The Hall–Kier alpha value is -1.85. The Balaban J connectivity index is 0.00000220. The number of aromatic hydroxyl groups is 1. The third kappa shape index (κ3) is 2.94. The molecule has 0 atom stereocenters. The van der Waals surface area contributed by atoms with Crippen LogP contribution in [0.2, 0.25) is 0 Å². The zero-order valence-corrected chi connectivity index (χ0v) is 13.2. The predicted octanol–water partition coefficient (Wildman–Crippen LogP) is 2.41. The molecule has 2 aromatic rings. The molecule has 6 heteroatoms. The molecule has 0 aliphatic heterocycles. The van der Waals surface area contributed by atoms with E-state index in [9.17, 15) is 14.7 Å². The molecule has 0 saturated carbocycles. The van der Waals surface area contributed by atoms with Gasteiger partial charge in [0.25, 0.3) is 0 Å². The van der Waals surface area contributed by atoms with E-state index in [1.54, 1.807) is 19.9 Å². The molecule has 1 N–H and O–H groups in total. The number of fused-ring (bicyclic) bond motifs is 1. The monoisotopic (exact) mass is 311 g/mol. The zero-order valence-electron chi connectivity index (χ0n) is 12.4. The minimum absolute atomic E-state index is 0. The van der Waals surface area contributed by atoms with Crippen molar-refractivity contribution in [3.63, 3.8) is 0 Å². The third-order valence-corrected chi connectivity index (χ3v) is 3.35. The second kappa shape index (κ2) is 6.28. The van der Waals surface area contributed by atoms with Gasteiger partial charge in [-0.15, -0.1) is 12.4 Å². The smallest absolute Gasteiger partial charge is 0.339 e. The van der Waals surface area contributed by atoms with Gasteiger partial charge in [-0.05, 0) is 45.1 Å². The van der Waals surface area contributed by atoms with Gasteiger partial charge in [0, 0.05) is 17.5 Å². The maximum Gasteiger partial charge on any atom is 0.339 e. The Morgan fingerprint density at radius 1 is 1.33 bits per heavy atom. The van der Waals surface area contributed by atoms with Gasteiger partial charge in [-0.3, -0.25) is 4.79 Å². The van der Waals surface area contributed by atoms with Crippen LogP contribution in [0.15, 0.2) is 15.3 Å². The highest BCUT2D eigenvalue weighted by Crippen LogP contribution is 2.31. The Labute approximate surface area is 128 Å². The van der Waals surface area contributed by atoms with E-state index in [1.165, 1.54) is 0 Å². The normalized spacial score (nSPS) is 10.7. The Morgan fingerprint density at radius 2 is 1.95 bits per heavy atom. The number of phenols is 1. The fourth-order valence-electron chi connectivity index (χ4n) is 2.27. The molecular weight excluding hydrogens is 294 g/mol. The minimum Gasteiger partial charge on any atom is -0.507 e. The number of halogens is 1. The Kier molecular flexibility index (Phi) is 5.15. The number of aryl methyl sites for hydroxylation is 1. The van der Waals surface area contributed by atoms with E-state index < -0.39 is 5.63 Å². The molecular formula is C15H18ClNO4. The molecule has 0 aliphatic carbocycles. The maximum atomic E-state index is 11.9.